The fraction of sp³-hybridized carbons (Fsp3) is 0.529. The molecule has 0 aliphatic carbocycles. The van der Waals surface area contributed by atoms with Crippen molar-refractivity contribution in [3.05, 3.63) is 29.8 Å². The highest BCUT2D eigenvalue weighted by atomic mass is 16.5. The zero-order valence-corrected chi connectivity index (χ0v) is 13.5. The lowest BCUT2D eigenvalue weighted by atomic mass is 9.92. The molecule has 6 nitrogen and oxygen atoms in total. The van der Waals surface area contributed by atoms with Gasteiger partial charge in [0, 0.05) is 13.0 Å². The lowest BCUT2D eigenvalue weighted by Gasteiger charge is -2.37. The lowest BCUT2D eigenvalue weighted by molar-refractivity contribution is -0.148. The van der Waals surface area contributed by atoms with Gasteiger partial charge in [-0.15, -0.1) is 0 Å². The van der Waals surface area contributed by atoms with Crippen LogP contribution < -0.4 is 10.5 Å². The highest BCUT2D eigenvalue weighted by molar-refractivity contribution is 5.85. The SMILES string of the molecule is CCOc1ccc(CCC(=O)N2CCC[C@@](O)(C(N)=O)C2)cc1. The number of amides is 2. The van der Waals surface area contributed by atoms with Crippen molar-refractivity contribution in [2.75, 3.05) is 19.7 Å². The zero-order chi connectivity index (χ0) is 16.9. The largest absolute Gasteiger partial charge is 0.494 e. The van der Waals surface area contributed by atoms with Crippen molar-refractivity contribution in [3.8, 4) is 5.75 Å². The lowest BCUT2D eigenvalue weighted by Crippen LogP contribution is -2.57. The number of aryl methyl sites for hydroxylation is 1. The highest BCUT2D eigenvalue weighted by Gasteiger charge is 2.39. The highest BCUT2D eigenvalue weighted by Crippen LogP contribution is 2.22. The Morgan fingerprint density at radius 2 is 2.04 bits per heavy atom. The molecule has 0 radical (unpaired) electrons. The number of ether oxygens (including phenoxy) is 1. The molecule has 1 aliphatic rings. The van der Waals surface area contributed by atoms with Crippen molar-refractivity contribution >= 4 is 11.8 Å². The molecule has 1 aromatic rings. The van der Waals surface area contributed by atoms with Crippen LogP contribution in [-0.4, -0.2) is 47.1 Å². The molecule has 2 rings (SSSR count). The first-order valence-corrected chi connectivity index (χ1v) is 7.96. The van der Waals surface area contributed by atoms with Gasteiger partial charge in [-0.25, -0.2) is 0 Å². The molecule has 1 fully saturated rings. The topological polar surface area (TPSA) is 92.9 Å². The number of β-amino-alcohol motifs (C(OH)–C–C–N with tert-alkyl or cyclic N) is 1. The van der Waals surface area contributed by atoms with Crippen LogP contribution in [0.4, 0.5) is 0 Å². The first-order chi connectivity index (χ1) is 10.9. The third-order valence-corrected chi connectivity index (χ3v) is 4.14. The van der Waals surface area contributed by atoms with Crippen LogP contribution in [-0.2, 0) is 16.0 Å². The standard InChI is InChI=1S/C17H24N2O4/c1-2-23-14-7-4-13(5-8-14)6-9-15(20)19-11-3-10-17(22,12-19)16(18)21/h4-5,7-8,22H,2-3,6,9-12H2,1H3,(H2,18,21)/t17-/m0/s1. The van der Waals surface area contributed by atoms with Gasteiger partial charge >= 0.3 is 0 Å². The molecule has 0 saturated carbocycles. The Morgan fingerprint density at radius 3 is 2.65 bits per heavy atom. The maximum Gasteiger partial charge on any atom is 0.251 e. The minimum absolute atomic E-state index is 0.00948. The van der Waals surface area contributed by atoms with Crippen molar-refractivity contribution in [3.63, 3.8) is 0 Å². The Balaban J connectivity index is 1.88. The Morgan fingerprint density at radius 1 is 1.35 bits per heavy atom. The van der Waals surface area contributed by atoms with Gasteiger partial charge in [-0.2, -0.15) is 0 Å². The van der Waals surface area contributed by atoms with Crippen molar-refractivity contribution in [1.29, 1.82) is 0 Å². The van der Waals surface area contributed by atoms with Gasteiger partial charge in [0.2, 0.25) is 5.91 Å². The summed E-state index contributed by atoms with van der Waals surface area (Å²) in [5, 5.41) is 10.2. The summed E-state index contributed by atoms with van der Waals surface area (Å²) in [7, 11) is 0. The number of primary amides is 1. The molecule has 1 aromatic carbocycles. The van der Waals surface area contributed by atoms with E-state index in [0.29, 0.717) is 38.8 Å². The molecule has 1 saturated heterocycles. The first-order valence-electron chi connectivity index (χ1n) is 7.96. The average Bonchev–Trinajstić information content (AvgIpc) is 2.54. The van der Waals surface area contributed by atoms with Gasteiger partial charge in [-0.1, -0.05) is 12.1 Å². The van der Waals surface area contributed by atoms with Gasteiger partial charge < -0.3 is 20.5 Å². The van der Waals surface area contributed by atoms with Gasteiger partial charge in [0.25, 0.3) is 5.91 Å². The Bertz CT molecular complexity index is 558. The number of likely N-dealkylation sites (tertiary alicyclic amines) is 1. The van der Waals surface area contributed by atoms with E-state index in [0.717, 1.165) is 11.3 Å². The summed E-state index contributed by atoms with van der Waals surface area (Å²) in [6, 6.07) is 7.65. The minimum Gasteiger partial charge on any atom is -0.494 e. The van der Waals surface area contributed by atoms with Crippen LogP contribution in [0, 0.1) is 0 Å². The summed E-state index contributed by atoms with van der Waals surface area (Å²) in [6.45, 7) is 3.09. The molecule has 3 N–H and O–H groups in total. The zero-order valence-electron chi connectivity index (χ0n) is 13.5. The first kappa shape index (κ1) is 17.3. The fourth-order valence-corrected chi connectivity index (χ4v) is 2.78. The second kappa shape index (κ2) is 7.46. The van der Waals surface area contributed by atoms with E-state index in [9.17, 15) is 14.7 Å². The molecule has 0 unspecified atom stereocenters. The van der Waals surface area contributed by atoms with Crippen LogP contribution >= 0.6 is 0 Å². The number of nitrogens with zero attached hydrogens (tertiary/aromatic N) is 1. The van der Waals surface area contributed by atoms with Crippen LogP contribution in [0.3, 0.4) is 0 Å². The number of hydrogen-bond donors (Lipinski definition) is 2. The van der Waals surface area contributed by atoms with E-state index in [2.05, 4.69) is 0 Å². The van der Waals surface area contributed by atoms with Crippen LogP contribution in [0.2, 0.25) is 0 Å². The van der Waals surface area contributed by atoms with Gasteiger partial charge in [0.05, 0.1) is 13.2 Å². The third kappa shape index (κ3) is 4.45. The normalized spacial score (nSPS) is 21.0. The third-order valence-electron chi connectivity index (χ3n) is 4.14. The predicted molar refractivity (Wildman–Crippen MR) is 85.9 cm³/mol. The van der Waals surface area contributed by atoms with Crippen LogP contribution in [0.25, 0.3) is 0 Å². The van der Waals surface area contributed by atoms with Gasteiger partial charge in [0.15, 0.2) is 5.60 Å². The summed E-state index contributed by atoms with van der Waals surface area (Å²) < 4.78 is 5.38. The number of carbonyl (C=O) groups excluding carboxylic acids is 2. The number of aliphatic hydroxyl groups is 1. The van der Waals surface area contributed by atoms with E-state index in [4.69, 9.17) is 10.5 Å². The van der Waals surface area contributed by atoms with Crippen LogP contribution in [0.5, 0.6) is 5.75 Å². The van der Waals surface area contributed by atoms with E-state index in [1.165, 1.54) is 4.90 Å². The Kier molecular flexibility index (Phi) is 5.60. The molecule has 2 amide bonds. The number of benzene rings is 1. The van der Waals surface area contributed by atoms with Crippen molar-refractivity contribution < 1.29 is 19.4 Å². The molecule has 1 heterocycles. The Labute approximate surface area is 136 Å². The van der Waals surface area contributed by atoms with E-state index in [1.54, 1.807) is 0 Å². The van der Waals surface area contributed by atoms with Gasteiger partial charge in [0.1, 0.15) is 5.75 Å². The maximum atomic E-state index is 12.3. The van der Waals surface area contributed by atoms with Gasteiger partial charge in [-0.3, -0.25) is 9.59 Å². The summed E-state index contributed by atoms with van der Waals surface area (Å²) >= 11 is 0. The quantitative estimate of drug-likeness (QED) is 0.813. The summed E-state index contributed by atoms with van der Waals surface area (Å²) in [5.41, 5.74) is 4.68. The molecule has 1 atom stereocenters. The molecule has 6 heteroatoms. The molecular formula is C17H24N2O4. The van der Waals surface area contributed by atoms with Crippen molar-refractivity contribution in [2.24, 2.45) is 5.73 Å². The predicted octanol–water partition coefficient (Wildman–Crippen LogP) is 0.857. The number of piperidine rings is 1. The second-order valence-electron chi connectivity index (χ2n) is 5.89. The fourth-order valence-electron chi connectivity index (χ4n) is 2.78. The van der Waals surface area contributed by atoms with E-state index in [-0.39, 0.29) is 12.5 Å². The molecule has 0 aromatic heterocycles. The van der Waals surface area contributed by atoms with E-state index in [1.807, 2.05) is 31.2 Å². The molecule has 126 valence electrons. The van der Waals surface area contributed by atoms with Crippen molar-refractivity contribution in [2.45, 2.75) is 38.2 Å². The van der Waals surface area contributed by atoms with E-state index < -0.39 is 11.5 Å². The number of carbonyl (C=O) groups is 2. The van der Waals surface area contributed by atoms with Crippen molar-refractivity contribution in [1.82, 2.24) is 4.90 Å². The van der Waals surface area contributed by atoms with Crippen LogP contribution in [0.1, 0.15) is 31.7 Å². The molecule has 0 bridgehead atoms. The number of rotatable bonds is 6. The molecule has 0 spiro atoms. The Hall–Kier alpha value is -2.08. The molecule has 23 heavy (non-hydrogen) atoms. The summed E-state index contributed by atoms with van der Waals surface area (Å²) in [6.07, 6.45) is 1.83. The summed E-state index contributed by atoms with van der Waals surface area (Å²) in [5.74, 6) is -0.0232. The van der Waals surface area contributed by atoms with E-state index >= 15 is 0 Å². The number of hydrogen-bond acceptors (Lipinski definition) is 4. The molecular weight excluding hydrogens is 296 g/mol. The maximum absolute atomic E-state index is 12.3. The minimum atomic E-state index is -1.59. The molecule has 1 aliphatic heterocycles. The van der Waals surface area contributed by atoms with Crippen LogP contribution in [0.15, 0.2) is 24.3 Å². The smallest absolute Gasteiger partial charge is 0.251 e. The average molecular weight is 320 g/mol. The van der Waals surface area contributed by atoms with Gasteiger partial charge in [-0.05, 0) is 43.9 Å². The summed E-state index contributed by atoms with van der Waals surface area (Å²) in [4.78, 5) is 25.2. The second-order valence-corrected chi connectivity index (χ2v) is 5.89. The number of nitrogens with two attached hydrogens (primary N) is 1. The monoisotopic (exact) mass is 320 g/mol.